The van der Waals surface area contributed by atoms with Crippen molar-refractivity contribution in [2.24, 2.45) is 0 Å². The summed E-state index contributed by atoms with van der Waals surface area (Å²) in [4.78, 5) is 47.2. The molecule has 0 saturated heterocycles. The molecule has 1 aromatic carbocycles. The van der Waals surface area contributed by atoms with Gasteiger partial charge in [-0.15, -0.1) is 0 Å². The zero-order chi connectivity index (χ0) is 20.0. The number of halogens is 3. The predicted octanol–water partition coefficient (Wildman–Crippen LogP) is 2.71. The van der Waals surface area contributed by atoms with Gasteiger partial charge in [0.1, 0.15) is 6.54 Å². The van der Waals surface area contributed by atoms with Gasteiger partial charge in [-0.3, -0.25) is 19.2 Å². The van der Waals surface area contributed by atoms with Crippen LogP contribution in [0.2, 0.25) is 0 Å². The summed E-state index contributed by atoms with van der Waals surface area (Å²) in [7, 11) is 0. The number of nitrogens with one attached hydrogen (secondary N) is 3. The summed E-state index contributed by atoms with van der Waals surface area (Å²) in [6.45, 7) is 4.30. The molecular formula is C15H16I3N3O5. The van der Waals surface area contributed by atoms with Crippen molar-refractivity contribution in [2.45, 2.75) is 20.8 Å². The quantitative estimate of drug-likeness (QED) is 0.313. The Kier molecular flexibility index (Phi) is 9.49. The fourth-order valence-corrected chi connectivity index (χ4v) is 6.08. The number of hydrogen-bond donors (Lipinski definition) is 3. The maximum Gasteiger partial charge on any atom is 0.325 e. The van der Waals surface area contributed by atoms with E-state index in [9.17, 15) is 19.2 Å². The molecule has 0 unspecified atom stereocenters. The van der Waals surface area contributed by atoms with E-state index in [-0.39, 0.29) is 30.5 Å². The Morgan fingerprint density at radius 1 is 0.885 bits per heavy atom. The van der Waals surface area contributed by atoms with E-state index in [1.807, 2.05) is 67.8 Å². The van der Waals surface area contributed by atoms with Crippen LogP contribution in [-0.2, 0) is 19.1 Å². The first kappa shape index (κ1) is 23.3. The lowest BCUT2D eigenvalue weighted by molar-refractivity contribution is -0.141. The van der Waals surface area contributed by atoms with Crippen LogP contribution in [0.5, 0.6) is 0 Å². The molecule has 0 aromatic heterocycles. The largest absolute Gasteiger partial charge is 0.465 e. The molecule has 3 amide bonds. The lowest BCUT2D eigenvalue weighted by Crippen LogP contribution is -2.32. The van der Waals surface area contributed by atoms with E-state index in [4.69, 9.17) is 4.74 Å². The Balaban J connectivity index is 3.40. The molecule has 26 heavy (non-hydrogen) atoms. The fraction of sp³-hybridized carbons (Fsp3) is 0.333. The van der Waals surface area contributed by atoms with Crippen LogP contribution < -0.4 is 16.0 Å². The highest BCUT2D eigenvalue weighted by atomic mass is 127. The molecule has 1 aromatic rings. The van der Waals surface area contributed by atoms with Crippen LogP contribution in [0, 0.1) is 10.7 Å². The van der Waals surface area contributed by atoms with Crippen LogP contribution in [0.1, 0.15) is 31.1 Å². The van der Waals surface area contributed by atoms with Gasteiger partial charge in [0, 0.05) is 13.8 Å². The van der Waals surface area contributed by atoms with Crippen molar-refractivity contribution < 1.29 is 23.9 Å². The maximum absolute atomic E-state index is 12.6. The first-order chi connectivity index (χ1) is 12.1. The fourth-order valence-electron chi connectivity index (χ4n) is 1.89. The van der Waals surface area contributed by atoms with Gasteiger partial charge >= 0.3 is 5.97 Å². The summed E-state index contributed by atoms with van der Waals surface area (Å²) in [5.41, 5.74) is 1.09. The average molecular weight is 699 g/mol. The topological polar surface area (TPSA) is 114 Å². The van der Waals surface area contributed by atoms with Crippen LogP contribution in [0.3, 0.4) is 0 Å². The summed E-state index contributed by atoms with van der Waals surface area (Å²) in [6, 6.07) is 0. The number of rotatable bonds is 6. The van der Waals surface area contributed by atoms with Gasteiger partial charge in [0.05, 0.1) is 34.3 Å². The Morgan fingerprint density at radius 3 is 1.73 bits per heavy atom. The summed E-state index contributed by atoms with van der Waals surface area (Å²) < 4.78 is 6.39. The smallest absolute Gasteiger partial charge is 0.325 e. The molecule has 0 spiro atoms. The molecule has 0 saturated carbocycles. The van der Waals surface area contributed by atoms with Gasteiger partial charge in [-0.05, 0) is 74.7 Å². The predicted molar refractivity (Wildman–Crippen MR) is 122 cm³/mol. The molecule has 142 valence electrons. The van der Waals surface area contributed by atoms with E-state index >= 15 is 0 Å². The van der Waals surface area contributed by atoms with E-state index in [2.05, 4.69) is 16.0 Å². The van der Waals surface area contributed by atoms with Crippen molar-refractivity contribution in [1.82, 2.24) is 5.32 Å². The highest BCUT2D eigenvalue weighted by Crippen LogP contribution is 2.38. The highest BCUT2D eigenvalue weighted by molar-refractivity contribution is 14.1. The van der Waals surface area contributed by atoms with Gasteiger partial charge in [-0.2, -0.15) is 0 Å². The lowest BCUT2D eigenvalue weighted by Gasteiger charge is -2.19. The van der Waals surface area contributed by atoms with Crippen LogP contribution in [0.15, 0.2) is 0 Å². The molecule has 8 nitrogen and oxygen atoms in total. The number of ether oxygens (including phenoxy) is 1. The van der Waals surface area contributed by atoms with Gasteiger partial charge < -0.3 is 20.7 Å². The van der Waals surface area contributed by atoms with Gasteiger partial charge in [0.15, 0.2) is 0 Å². The molecule has 0 atom stereocenters. The second kappa shape index (κ2) is 10.6. The van der Waals surface area contributed by atoms with Crippen LogP contribution in [-0.4, -0.2) is 36.8 Å². The average Bonchev–Trinajstić information content (AvgIpc) is 2.53. The number of anilines is 2. The second-order valence-electron chi connectivity index (χ2n) is 4.92. The Bertz CT molecular complexity index is 724. The number of amides is 3. The number of hydrogen-bond acceptors (Lipinski definition) is 5. The van der Waals surface area contributed by atoms with E-state index in [0.29, 0.717) is 22.1 Å². The highest BCUT2D eigenvalue weighted by Gasteiger charge is 2.26. The lowest BCUT2D eigenvalue weighted by atomic mass is 10.1. The first-order valence-electron chi connectivity index (χ1n) is 7.29. The Labute approximate surface area is 191 Å². The number of esters is 1. The van der Waals surface area contributed by atoms with Crippen molar-refractivity contribution in [2.75, 3.05) is 23.8 Å². The van der Waals surface area contributed by atoms with Crippen molar-refractivity contribution in [3.05, 3.63) is 16.3 Å². The van der Waals surface area contributed by atoms with Gasteiger partial charge in [-0.25, -0.2) is 0 Å². The van der Waals surface area contributed by atoms with Crippen molar-refractivity contribution in [3.63, 3.8) is 0 Å². The molecule has 1 rings (SSSR count). The zero-order valence-corrected chi connectivity index (χ0v) is 20.6. The van der Waals surface area contributed by atoms with Gasteiger partial charge in [0.2, 0.25) is 11.8 Å². The van der Waals surface area contributed by atoms with Crippen LogP contribution in [0.4, 0.5) is 11.4 Å². The second-order valence-corrected chi connectivity index (χ2v) is 8.15. The van der Waals surface area contributed by atoms with Gasteiger partial charge in [-0.1, -0.05) is 0 Å². The Morgan fingerprint density at radius 2 is 1.35 bits per heavy atom. The summed E-state index contributed by atoms with van der Waals surface area (Å²) >= 11 is 5.90. The molecule has 0 fully saturated rings. The van der Waals surface area contributed by atoms with Crippen molar-refractivity contribution >= 4 is 103 Å². The first-order valence-corrected chi connectivity index (χ1v) is 10.5. The Hall–Kier alpha value is -0.710. The normalized spacial score (nSPS) is 10.1. The molecule has 3 N–H and O–H groups in total. The minimum atomic E-state index is -0.555. The minimum absolute atomic E-state index is 0.215. The molecular weight excluding hydrogens is 683 g/mol. The van der Waals surface area contributed by atoms with Crippen molar-refractivity contribution in [3.8, 4) is 0 Å². The number of benzene rings is 1. The standard InChI is InChI=1S/C15H16I3N3O5/c1-4-26-8(24)5-19-15(25)9-10(16)13(20-6(2)22)12(18)14(11(9)17)21-7(3)23/h4-5H2,1-3H3,(H,19,25)(H,20,22)(H,21,23). The van der Waals surface area contributed by atoms with E-state index < -0.39 is 11.9 Å². The molecule has 0 heterocycles. The number of carbonyl (C=O) groups excluding carboxylic acids is 4. The molecule has 0 radical (unpaired) electrons. The van der Waals surface area contributed by atoms with Gasteiger partial charge in [0.25, 0.3) is 5.91 Å². The monoisotopic (exact) mass is 699 g/mol. The number of carbonyl (C=O) groups is 4. The molecule has 0 aliphatic rings. The summed E-state index contributed by atoms with van der Waals surface area (Å²) in [6.07, 6.45) is 0. The van der Waals surface area contributed by atoms with E-state index in [0.717, 1.165) is 0 Å². The maximum atomic E-state index is 12.6. The summed E-state index contributed by atoms with van der Waals surface area (Å²) in [5, 5.41) is 7.86. The van der Waals surface area contributed by atoms with E-state index in [1.54, 1.807) is 6.92 Å². The SMILES string of the molecule is CCOC(=O)CNC(=O)c1c(I)c(NC(C)=O)c(I)c(NC(C)=O)c1I. The minimum Gasteiger partial charge on any atom is -0.465 e. The van der Waals surface area contributed by atoms with Crippen molar-refractivity contribution in [1.29, 1.82) is 0 Å². The third-order valence-electron chi connectivity index (χ3n) is 2.84. The molecule has 11 heteroatoms. The molecule has 0 bridgehead atoms. The summed E-state index contributed by atoms with van der Waals surface area (Å²) in [5.74, 6) is -1.69. The zero-order valence-electron chi connectivity index (χ0n) is 14.1. The third kappa shape index (κ3) is 6.17. The van der Waals surface area contributed by atoms with Crippen LogP contribution >= 0.6 is 67.8 Å². The van der Waals surface area contributed by atoms with E-state index in [1.165, 1.54) is 13.8 Å². The molecule has 0 aliphatic heterocycles. The molecule has 0 aliphatic carbocycles. The van der Waals surface area contributed by atoms with Crippen LogP contribution in [0.25, 0.3) is 0 Å². The third-order valence-corrected chi connectivity index (χ3v) is 6.08.